The van der Waals surface area contributed by atoms with Crippen molar-refractivity contribution in [3.05, 3.63) is 23.2 Å². The van der Waals surface area contributed by atoms with Crippen molar-refractivity contribution >= 4 is 27.5 Å². The molecule has 1 rings (SSSR count). The summed E-state index contributed by atoms with van der Waals surface area (Å²) in [6.45, 7) is 5.58. The van der Waals surface area contributed by atoms with Crippen molar-refractivity contribution in [2.24, 2.45) is 0 Å². The summed E-state index contributed by atoms with van der Waals surface area (Å²) in [5.74, 6) is -0.0156. The van der Waals surface area contributed by atoms with Gasteiger partial charge in [0.1, 0.15) is 5.75 Å². The maximum absolute atomic E-state index is 12.0. The third-order valence-corrected chi connectivity index (χ3v) is 4.29. The van der Waals surface area contributed by atoms with Crippen LogP contribution < -0.4 is 14.8 Å². The van der Waals surface area contributed by atoms with Gasteiger partial charge in [-0.15, -0.1) is 0 Å². The molecule has 0 unspecified atom stereocenters. The van der Waals surface area contributed by atoms with Crippen molar-refractivity contribution in [3.8, 4) is 5.75 Å². The lowest BCUT2D eigenvalue weighted by Gasteiger charge is -2.12. The van der Waals surface area contributed by atoms with Gasteiger partial charge in [-0.3, -0.25) is 4.79 Å². The zero-order chi connectivity index (χ0) is 16.0. The van der Waals surface area contributed by atoms with Crippen LogP contribution in [0.15, 0.2) is 23.1 Å². The number of benzene rings is 1. The molecule has 6 nitrogen and oxygen atoms in total. The molecule has 0 spiro atoms. The van der Waals surface area contributed by atoms with Crippen LogP contribution in [0.5, 0.6) is 5.75 Å². The zero-order valence-electron chi connectivity index (χ0n) is 12.1. The molecule has 1 aromatic carbocycles. The maximum Gasteiger partial charge on any atom is 0.257 e. The Kier molecular flexibility index (Phi) is 6.44. The number of halogens is 1. The fraction of sp³-hybridized carbons (Fsp3) is 0.462. The number of likely N-dealkylation sites (N-methyl/N-ethyl adjacent to an activating group) is 1. The number of carbonyl (C=O) groups is 1. The number of hydrogen-bond donors (Lipinski definition) is 2. The molecule has 0 bridgehead atoms. The SMILES string of the molecule is CCNC(=O)COc1ccc(S(=O)(=O)NC(C)C)cc1Cl. The molecule has 2 N–H and O–H groups in total. The fourth-order valence-electron chi connectivity index (χ4n) is 1.54. The van der Waals surface area contributed by atoms with Gasteiger partial charge in [0.15, 0.2) is 6.61 Å². The third-order valence-electron chi connectivity index (χ3n) is 2.34. The van der Waals surface area contributed by atoms with Gasteiger partial charge in [-0.1, -0.05) is 11.6 Å². The molecule has 0 saturated carbocycles. The van der Waals surface area contributed by atoms with Crippen LogP contribution in [0, 0.1) is 0 Å². The molecular formula is C13H19ClN2O4S. The highest BCUT2D eigenvalue weighted by atomic mass is 35.5. The van der Waals surface area contributed by atoms with Gasteiger partial charge in [0.2, 0.25) is 10.0 Å². The van der Waals surface area contributed by atoms with Crippen LogP contribution in [0.25, 0.3) is 0 Å². The molecule has 0 aliphatic carbocycles. The van der Waals surface area contributed by atoms with Gasteiger partial charge in [-0.25, -0.2) is 13.1 Å². The van der Waals surface area contributed by atoms with Crippen LogP contribution in [0.2, 0.25) is 5.02 Å². The van der Waals surface area contributed by atoms with E-state index in [0.29, 0.717) is 6.54 Å². The van der Waals surface area contributed by atoms with Crippen LogP contribution in [0.3, 0.4) is 0 Å². The van der Waals surface area contributed by atoms with E-state index in [-0.39, 0.29) is 34.2 Å². The topological polar surface area (TPSA) is 84.5 Å². The average Bonchev–Trinajstić information content (AvgIpc) is 2.36. The van der Waals surface area contributed by atoms with E-state index in [1.165, 1.54) is 18.2 Å². The number of nitrogens with one attached hydrogen (secondary N) is 2. The lowest BCUT2D eigenvalue weighted by Crippen LogP contribution is -2.30. The van der Waals surface area contributed by atoms with E-state index in [9.17, 15) is 13.2 Å². The fourth-order valence-corrected chi connectivity index (χ4v) is 3.11. The van der Waals surface area contributed by atoms with Crippen LogP contribution in [-0.4, -0.2) is 33.5 Å². The second kappa shape index (κ2) is 7.63. The van der Waals surface area contributed by atoms with E-state index < -0.39 is 10.0 Å². The lowest BCUT2D eigenvalue weighted by molar-refractivity contribution is -0.122. The van der Waals surface area contributed by atoms with E-state index in [2.05, 4.69) is 10.0 Å². The largest absolute Gasteiger partial charge is 0.482 e. The van der Waals surface area contributed by atoms with Crippen LogP contribution in [0.4, 0.5) is 0 Å². The summed E-state index contributed by atoms with van der Waals surface area (Å²) in [5, 5.41) is 2.71. The van der Waals surface area contributed by atoms with Crippen molar-refractivity contribution < 1.29 is 17.9 Å². The summed E-state index contributed by atoms with van der Waals surface area (Å²) >= 11 is 5.98. The molecule has 0 saturated heterocycles. The first-order valence-corrected chi connectivity index (χ1v) is 8.33. The highest BCUT2D eigenvalue weighted by Crippen LogP contribution is 2.27. The highest BCUT2D eigenvalue weighted by Gasteiger charge is 2.17. The minimum atomic E-state index is -3.61. The van der Waals surface area contributed by atoms with Gasteiger partial charge in [0, 0.05) is 12.6 Å². The lowest BCUT2D eigenvalue weighted by atomic mass is 10.3. The molecule has 0 aliphatic heterocycles. The van der Waals surface area contributed by atoms with Crippen LogP contribution in [-0.2, 0) is 14.8 Å². The van der Waals surface area contributed by atoms with Crippen molar-refractivity contribution in [2.45, 2.75) is 31.7 Å². The Hall–Kier alpha value is -1.31. The van der Waals surface area contributed by atoms with Gasteiger partial charge in [0.25, 0.3) is 5.91 Å². The number of ether oxygens (including phenoxy) is 1. The normalized spacial score (nSPS) is 11.5. The van der Waals surface area contributed by atoms with Crippen molar-refractivity contribution in [1.82, 2.24) is 10.0 Å². The Morgan fingerprint density at radius 2 is 2.05 bits per heavy atom. The first-order chi connectivity index (χ1) is 9.76. The third kappa shape index (κ3) is 5.53. The van der Waals surface area contributed by atoms with E-state index >= 15 is 0 Å². The van der Waals surface area contributed by atoms with E-state index in [1.807, 2.05) is 0 Å². The van der Waals surface area contributed by atoms with Crippen molar-refractivity contribution in [2.75, 3.05) is 13.2 Å². The monoisotopic (exact) mass is 334 g/mol. The number of sulfonamides is 1. The highest BCUT2D eigenvalue weighted by molar-refractivity contribution is 7.89. The van der Waals surface area contributed by atoms with Gasteiger partial charge >= 0.3 is 0 Å². The standard InChI is InChI=1S/C13H19ClN2O4S/c1-4-15-13(17)8-20-12-6-5-10(7-11(12)14)21(18,19)16-9(2)3/h5-7,9,16H,4,8H2,1-3H3,(H,15,17). The second-order valence-electron chi connectivity index (χ2n) is 4.61. The van der Waals surface area contributed by atoms with Gasteiger partial charge in [-0.05, 0) is 39.0 Å². The summed E-state index contributed by atoms with van der Waals surface area (Å²) in [5.41, 5.74) is 0. The summed E-state index contributed by atoms with van der Waals surface area (Å²) < 4.78 is 31.7. The van der Waals surface area contributed by atoms with Crippen LogP contribution >= 0.6 is 11.6 Å². The van der Waals surface area contributed by atoms with E-state index in [1.54, 1.807) is 20.8 Å². The minimum Gasteiger partial charge on any atom is -0.482 e. The smallest absolute Gasteiger partial charge is 0.257 e. The summed E-state index contributed by atoms with van der Waals surface area (Å²) in [6.07, 6.45) is 0. The van der Waals surface area contributed by atoms with Gasteiger partial charge < -0.3 is 10.1 Å². The molecule has 0 aromatic heterocycles. The summed E-state index contributed by atoms with van der Waals surface area (Å²) in [6, 6.07) is 3.88. The molecule has 0 atom stereocenters. The van der Waals surface area contributed by atoms with E-state index in [4.69, 9.17) is 16.3 Å². The van der Waals surface area contributed by atoms with Gasteiger partial charge in [-0.2, -0.15) is 0 Å². The predicted octanol–water partition coefficient (Wildman–Crippen LogP) is 1.54. The second-order valence-corrected chi connectivity index (χ2v) is 6.73. The Morgan fingerprint density at radius 3 is 2.57 bits per heavy atom. The average molecular weight is 335 g/mol. The molecule has 0 fully saturated rings. The number of amides is 1. The molecule has 8 heteroatoms. The molecule has 1 amide bonds. The maximum atomic E-state index is 12.0. The number of carbonyl (C=O) groups excluding carboxylic acids is 1. The summed E-state index contributed by atoms with van der Waals surface area (Å²) in [4.78, 5) is 11.3. The van der Waals surface area contributed by atoms with E-state index in [0.717, 1.165) is 0 Å². The molecule has 118 valence electrons. The molecular weight excluding hydrogens is 316 g/mol. The Bertz CT molecular complexity index is 602. The Labute approximate surface area is 129 Å². The minimum absolute atomic E-state index is 0.0477. The molecule has 0 heterocycles. The quantitative estimate of drug-likeness (QED) is 0.792. The number of rotatable bonds is 7. The van der Waals surface area contributed by atoms with Crippen LogP contribution in [0.1, 0.15) is 20.8 Å². The molecule has 0 aliphatic rings. The predicted molar refractivity (Wildman–Crippen MR) is 81.1 cm³/mol. The molecule has 1 aromatic rings. The summed E-state index contributed by atoms with van der Waals surface area (Å²) in [7, 11) is -3.61. The first-order valence-electron chi connectivity index (χ1n) is 6.47. The number of hydrogen-bond acceptors (Lipinski definition) is 4. The van der Waals surface area contributed by atoms with Crippen molar-refractivity contribution in [1.29, 1.82) is 0 Å². The first kappa shape index (κ1) is 17.7. The molecule has 21 heavy (non-hydrogen) atoms. The Balaban J connectivity index is 2.83. The van der Waals surface area contributed by atoms with Gasteiger partial charge in [0.05, 0.1) is 9.92 Å². The Morgan fingerprint density at radius 1 is 1.38 bits per heavy atom. The zero-order valence-corrected chi connectivity index (χ0v) is 13.7. The van der Waals surface area contributed by atoms with Crippen molar-refractivity contribution in [3.63, 3.8) is 0 Å². The molecule has 0 radical (unpaired) electrons.